The van der Waals surface area contributed by atoms with E-state index in [1.807, 2.05) is 37.2 Å². The standard InChI is InChI=1S/C41H27N3.C39H25N3.C35H23N3/c1-3-9-28(10-4-1)29-15-19-33(20-16-29)43-38-14-8-7-13-34(38)36-25-30(17-21-39(36)43)31-18-22-40-37(26-31)35-23-24-42-27-41(35)44(40)32-11-5-2-6-12-32;1-2-10-30(11-3-1)41-37-18-15-29(24-35(37)33-20-21-40-25-39(33)41)28-16-19-38-34(23-28)32-12-6-7-13-36(32)42(38)31-17-14-26-8-4-5-9-27(26)22-31;1-3-9-26(10-4-1)37-32-14-8-7-13-28(32)30-21-24(15-17-33(30)37)25-16-18-34-31(22-25)29-19-20-36-23-35(29)38(34)27-11-5-2-6-12-27/h1-27H;1-25H;1-23H. The van der Waals surface area contributed by atoms with Crippen LogP contribution in [-0.2, 0) is 0 Å². The Balaban J connectivity index is 0.000000105. The van der Waals surface area contributed by atoms with Gasteiger partial charge in [-0.3, -0.25) is 15.0 Å². The highest BCUT2D eigenvalue weighted by atomic mass is 15.0. The number of aromatic nitrogens is 9. The van der Waals surface area contributed by atoms with Crippen molar-refractivity contribution in [2.45, 2.75) is 0 Å². The molecule has 0 radical (unpaired) electrons. The zero-order chi connectivity index (χ0) is 81.7. The first-order valence-corrected chi connectivity index (χ1v) is 42.2. The highest BCUT2D eigenvalue weighted by molar-refractivity contribution is 6.17. The second-order valence-corrected chi connectivity index (χ2v) is 31.9. The van der Waals surface area contributed by atoms with E-state index in [9.17, 15) is 0 Å². The Bertz CT molecular complexity index is 8500. The Kier molecular flexibility index (Phi) is 17.1. The van der Waals surface area contributed by atoms with Gasteiger partial charge in [0, 0.05) is 117 Å². The summed E-state index contributed by atoms with van der Waals surface area (Å²) >= 11 is 0. The number of nitrogens with zero attached hydrogens (tertiary/aromatic N) is 9. The highest BCUT2D eigenvalue weighted by Gasteiger charge is 2.22. The number of para-hydroxylation sites is 7. The van der Waals surface area contributed by atoms with E-state index in [2.05, 4.69) is 461 Å². The molecule has 0 aliphatic heterocycles. The first kappa shape index (κ1) is 71.4. The van der Waals surface area contributed by atoms with Crippen LogP contribution in [0.4, 0.5) is 0 Å². The lowest BCUT2D eigenvalue weighted by atomic mass is 10.0. The summed E-state index contributed by atoms with van der Waals surface area (Å²) < 4.78 is 14.1. The van der Waals surface area contributed by atoms with Gasteiger partial charge in [-0.2, -0.15) is 0 Å². The maximum Gasteiger partial charge on any atom is 0.0724 e. The lowest BCUT2D eigenvalue weighted by molar-refractivity contribution is 1.17. The van der Waals surface area contributed by atoms with Crippen LogP contribution in [0.25, 0.3) is 220 Å². The van der Waals surface area contributed by atoms with Crippen LogP contribution in [0.3, 0.4) is 0 Å². The van der Waals surface area contributed by atoms with Crippen LogP contribution < -0.4 is 0 Å². The third-order valence-electron chi connectivity index (χ3n) is 25.0. The molecule has 0 aliphatic rings. The highest BCUT2D eigenvalue weighted by Crippen LogP contribution is 2.44. The van der Waals surface area contributed by atoms with E-state index < -0.39 is 0 Å². The van der Waals surface area contributed by atoms with E-state index in [0.717, 1.165) is 39.3 Å². The van der Waals surface area contributed by atoms with Crippen molar-refractivity contribution in [3.8, 4) is 78.6 Å². The zero-order valence-corrected chi connectivity index (χ0v) is 67.3. The summed E-state index contributed by atoms with van der Waals surface area (Å²) in [5, 5.41) is 17.4. The number of hydrogen-bond acceptors (Lipinski definition) is 3. The zero-order valence-electron chi connectivity index (χ0n) is 67.3. The molecular formula is C115H75N9. The number of fused-ring (bicyclic) bond motifs is 19. The molecule has 9 aromatic heterocycles. The molecule has 0 bridgehead atoms. The third-order valence-corrected chi connectivity index (χ3v) is 25.0. The van der Waals surface area contributed by atoms with Crippen molar-refractivity contribution in [2.24, 2.45) is 0 Å². The van der Waals surface area contributed by atoms with Gasteiger partial charge in [-0.15, -0.1) is 0 Å². The lowest BCUT2D eigenvalue weighted by Crippen LogP contribution is -1.94. The van der Waals surface area contributed by atoms with Crippen LogP contribution in [0.1, 0.15) is 0 Å². The van der Waals surface area contributed by atoms with E-state index in [1.54, 1.807) is 0 Å². The molecule has 0 aliphatic carbocycles. The van der Waals surface area contributed by atoms with Crippen molar-refractivity contribution in [3.05, 3.63) is 456 Å². The SMILES string of the molecule is c1ccc(-c2ccc(-n3c4ccccc4c4cc(-c5ccc6c(c5)c5ccncc5n6-c5ccccc5)ccc43)cc2)cc1.c1ccc(-n2c3ccc(-c4ccc5c(c4)c4ccccc4n5-c4ccc5ccccc5c4)cc3c3ccncc32)cc1.c1ccc(-n2c3ccccc3c3cc(-c4ccc5c(c4)c4ccncc4n5-c4ccccc4)ccc32)cc1. The van der Waals surface area contributed by atoms with Crippen LogP contribution in [-0.4, -0.2) is 42.4 Å². The molecule has 0 spiro atoms. The summed E-state index contributed by atoms with van der Waals surface area (Å²) in [4.78, 5) is 13.4. The van der Waals surface area contributed by atoms with E-state index in [1.165, 1.54) is 181 Å². The quantitative estimate of drug-likeness (QED) is 0.137. The summed E-state index contributed by atoms with van der Waals surface area (Å²) in [5.41, 5.74) is 30.8. The summed E-state index contributed by atoms with van der Waals surface area (Å²) in [7, 11) is 0. The second kappa shape index (κ2) is 29.6. The van der Waals surface area contributed by atoms with Crippen molar-refractivity contribution in [2.75, 3.05) is 0 Å². The fourth-order valence-corrected chi connectivity index (χ4v) is 19.3. The van der Waals surface area contributed by atoms with E-state index in [4.69, 9.17) is 0 Å². The average molecular weight is 1580 g/mol. The Morgan fingerprint density at radius 2 is 0.355 bits per heavy atom. The molecule has 0 unspecified atom stereocenters. The lowest BCUT2D eigenvalue weighted by Gasteiger charge is -2.10. The molecular weight excluding hydrogens is 1510 g/mol. The molecule has 9 heteroatoms. The van der Waals surface area contributed by atoms with Gasteiger partial charge in [0.05, 0.1) is 84.8 Å². The minimum Gasteiger partial charge on any atom is -0.309 e. The predicted octanol–water partition coefficient (Wildman–Crippen LogP) is 29.6. The molecule has 9 heterocycles. The van der Waals surface area contributed by atoms with E-state index >= 15 is 0 Å². The molecule has 0 fully saturated rings. The van der Waals surface area contributed by atoms with Crippen LogP contribution in [0.5, 0.6) is 0 Å². The van der Waals surface area contributed by atoms with Crippen LogP contribution >= 0.6 is 0 Å². The molecule has 26 rings (SSSR count). The molecule has 124 heavy (non-hydrogen) atoms. The van der Waals surface area contributed by atoms with E-state index in [0.29, 0.717) is 0 Å². The molecule has 0 atom stereocenters. The normalized spacial score (nSPS) is 11.7. The van der Waals surface area contributed by atoms with Crippen molar-refractivity contribution in [1.29, 1.82) is 0 Å². The Labute approximate surface area is 713 Å². The number of rotatable bonds is 10. The van der Waals surface area contributed by atoms with Crippen molar-refractivity contribution < 1.29 is 0 Å². The summed E-state index contributed by atoms with van der Waals surface area (Å²) in [5.74, 6) is 0. The maximum atomic E-state index is 4.46. The first-order chi connectivity index (χ1) is 61.5. The van der Waals surface area contributed by atoms with Crippen LogP contribution in [0.15, 0.2) is 456 Å². The second-order valence-electron chi connectivity index (χ2n) is 31.9. The Morgan fingerprint density at radius 3 is 0.685 bits per heavy atom. The van der Waals surface area contributed by atoms with Crippen LogP contribution in [0, 0.1) is 0 Å². The number of hydrogen-bond donors (Lipinski definition) is 0. The van der Waals surface area contributed by atoms with Gasteiger partial charge in [0.25, 0.3) is 0 Å². The number of pyridine rings is 3. The van der Waals surface area contributed by atoms with Gasteiger partial charge in [-0.1, -0.05) is 237 Å². The smallest absolute Gasteiger partial charge is 0.0724 e. The molecule has 26 aromatic rings. The topological polar surface area (TPSA) is 68.2 Å². The third kappa shape index (κ3) is 12.0. The van der Waals surface area contributed by atoms with Crippen molar-refractivity contribution in [1.82, 2.24) is 42.4 Å². The van der Waals surface area contributed by atoms with Gasteiger partial charge >= 0.3 is 0 Å². The maximum absolute atomic E-state index is 4.46. The Morgan fingerprint density at radius 1 is 0.129 bits per heavy atom. The molecule has 0 amide bonds. The summed E-state index contributed by atoms with van der Waals surface area (Å²) in [6.45, 7) is 0. The van der Waals surface area contributed by atoms with Gasteiger partial charge in [0.1, 0.15) is 0 Å². The summed E-state index contributed by atoms with van der Waals surface area (Å²) in [6.07, 6.45) is 11.6. The minimum absolute atomic E-state index is 1.11. The van der Waals surface area contributed by atoms with Gasteiger partial charge in [-0.25, -0.2) is 0 Å². The number of benzene rings is 17. The van der Waals surface area contributed by atoms with Gasteiger partial charge < -0.3 is 27.4 Å². The summed E-state index contributed by atoms with van der Waals surface area (Å²) in [6, 6.07) is 151. The van der Waals surface area contributed by atoms with Gasteiger partial charge in [-0.05, 0) is 237 Å². The molecule has 0 saturated carbocycles. The largest absolute Gasteiger partial charge is 0.309 e. The van der Waals surface area contributed by atoms with E-state index in [-0.39, 0.29) is 0 Å². The van der Waals surface area contributed by atoms with Crippen LogP contribution in [0.2, 0.25) is 0 Å². The molecule has 9 nitrogen and oxygen atoms in total. The fraction of sp³-hybridized carbons (Fsp3) is 0. The van der Waals surface area contributed by atoms with Crippen molar-refractivity contribution >= 4 is 142 Å². The van der Waals surface area contributed by atoms with Crippen molar-refractivity contribution in [3.63, 3.8) is 0 Å². The predicted molar refractivity (Wildman–Crippen MR) is 518 cm³/mol. The monoisotopic (exact) mass is 1580 g/mol. The first-order valence-electron chi connectivity index (χ1n) is 42.2. The molecule has 0 N–H and O–H groups in total. The average Bonchev–Trinajstić information content (AvgIpc) is 1.62. The Hall–Kier alpha value is -16.8. The van der Waals surface area contributed by atoms with Gasteiger partial charge in [0.15, 0.2) is 0 Å². The molecule has 580 valence electrons. The van der Waals surface area contributed by atoms with Gasteiger partial charge in [0.2, 0.25) is 0 Å². The molecule has 17 aromatic carbocycles. The minimum atomic E-state index is 1.11. The molecule has 0 saturated heterocycles. The fourth-order valence-electron chi connectivity index (χ4n) is 19.3.